The molecule has 1 heterocycles. The number of nitrogens with zero attached hydrogens (tertiary/aromatic N) is 3. The second-order valence-corrected chi connectivity index (χ2v) is 6.16. The maximum atomic E-state index is 12.0. The van der Waals surface area contributed by atoms with Crippen LogP contribution in [0.5, 0.6) is 0 Å². The Morgan fingerprint density at radius 2 is 1.73 bits per heavy atom. The summed E-state index contributed by atoms with van der Waals surface area (Å²) in [7, 11) is 0. The van der Waals surface area contributed by atoms with E-state index in [0.29, 0.717) is 24.8 Å². The van der Waals surface area contributed by atoms with Gasteiger partial charge >= 0.3 is 6.03 Å². The third-order valence-corrected chi connectivity index (χ3v) is 4.29. The van der Waals surface area contributed by atoms with Gasteiger partial charge in [0.15, 0.2) is 5.82 Å². The van der Waals surface area contributed by atoms with E-state index in [9.17, 15) is 4.79 Å². The Kier molecular flexibility index (Phi) is 5.98. The molecule has 0 saturated carbocycles. The van der Waals surface area contributed by atoms with Crippen LogP contribution in [0.4, 0.5) is 4.79 Å². The van der Waals surface area contributed by atoms with Crippen molar-refractivity contribution in [2.45, 2.75) is 25.8 Å². The number of hydrogen-bond acceptors (Lipinski definition) is 3. The lowest BCUT2D eigenvalue weighted by atomic mass is 9.98. The van der Waals surface area contributed by atoms with Crippen molar-refractivity contribution in [3.63, 3.8) is 0 Å². The number of carbonyl (C=O) groups is 1. The molecule has 2 N–H and O–H groups in total. The van der Waals surface area contributed by atoms with Gasteiger partial charge in [-0.1, -0.05) is 55.5 Å². The van der Waals surface area contributed by atoms with Crippen molar-refractivity contribution in [2.24, 2.45) is 0 Å². The smallest absolute Gasteiger partial charge is 0.315 e. The molecule has 0 spiro atoms. The predicted octanol–water partition coefficient (Wildman–Crippen LogP) is 3.26. The minimum Gasteiger partial charge on any atom is -0.338 e. The molecule has 6 nitrogen and oxygen atoms in total. The lowest BCUT2D eigenvalue weighted by Gasteiger charge is -2.13. The molecule has 0 bridgehead atoms. The molecule has 2 amide bonds. The second-order valence-electron chi connectivity index (χ2n) is 6.16. The molecular formula is C20H23N5O. The maximum absolute atomic E-state index is 12.0. The van der Waals surface area contributed by atoms with Crippen molar-refractivity contribution in [1.29, 1.82) is 0 Å². The normalized spacial score (nSPS) is 11.7. The Morgan fingerprint density at radius 1 is 1.04 bits per heavy atom. The van der Waals surface area contributed by atoms with E-state index in [0.717, 1.165) is 12.1 Å². The lowest BCUT2D eigenvalue weighted by molar-refractivity contribution is 0.240. The Labute approximate surface area is 153 Å². The molecule has 3 aromatic rings. The first-order valence-corrected chi connectivity index (χ1v) is 8.75. The van der Waals surface area contributed by atoms with Crippen LogP contribution in [0.15, 0.2) is 67.0 Å². The minimum atomic E-state index is -0.201. The molecule has 1 aromatic heterocycles. The number of urea groups is 1. The van der Waals surface area contributed by atoms with E-state index in [1.165, 1.54) is 5.56 Å². The number of amides is 2. The van der Waals surface area contributed by atoms with E-state index < -0.39 is 0 Å². The van der Waals surface area contributed by atoms with E-state index in [1.54, 1.807) is 6.33 Å². The van der Waals surface area contributed by atoms with Crippen LogP contribution in [0, 0.1) is 0 Å². The number of rotatable bonds is 7. The summed E-state index contributed by atoms with van der Waals surface area (Å²) in [6.07, 6.45) is 2.53. The lowest BCUT2D eigenvalue weighted by Crippen LogP contribution is -2.36. The monoisotopic (exact) mass is 349 g/mol. The van der Waals surface area contributed by atoms with Crippen molar-refractivity contribution < 1.29 is 4.79 Å². The summed E-state index contributed by atoms with van der Waals surface area (Å²) in [6, 6.07) is 19.9. The van der Waals surface area contributed by atoms with Gasteiger partial charge in [-0.2, -0.15) is 0 Å². The molecular weight excluding hydrogens is 326 g/mol. The first-order chi connectivity index (χ1) is 12.7. The summed E-state index contributed by atoms with van der Waals surface area (Å²) in [6.45, 7) is 3.10. The van der Waals surface area contributed by atoms with Gasteiger partial charge in [0, 0.05) is 12.2 Å². The zero-order valence-corrected chi connectivity index (χ0v) is 14.8. The molecule has 1 atom stereocenters. The zero-order valence-electron chi connectivity index (χ0n) is 14.8. The molecule has 6 heteroatoms. The van der Waals surface area contributed by atoms with Crippen LogP contribution in [-0.4, -0.2) is 27.3 Å². The Hall–Kier alpha value is -3.15. The highest BCUT2D eigenvalue weighted by molar-refractivity contribution is 5.73. The van der Waals surface area contributed by atoms with E-state index >= 15 is 0 Å². The number of nitrogens with one attached hydrogen (secondary N) is 2. The fraction of sp³-hybridized carbons (Fsp3) is 0.250. The third-order valence-electron chi connectivity index (χ3n) is 4.29. The largest absolute Gasteiger partial charge is 0.338 e. The quantitative estimate of drug-likeness (QED) is 0.688. The van der Waals surface area contributed by atoms with Gasteiger partial charge in [-0.3, -0.25) is 4.57 Å². The van der Waals surface area contributed by atoms with E-state index in [2.05, 4.69) is 39.9 Å². The first-order valence-electron chi connectivity index (χ1n) is 8.75. The maximum Gasteiger partial charge on any atom is 0.315 e. The highest BCUT2D eigenvalue weighted by Crippen LogP contribution is 2.17. The van der Waals surface area contributed by atoms with Crippen LogP contribution >= 0.6 is 0 Å². The highest BCUT2D eigenvalue weighted by atomic mass is 16.2. The van der Waals surface area contributed by atoms with Gasteiger partial charge < -0.3 is 10.6 Å². The van der Waals surface area contributed by atoms with Crippen molar-refractivity contribution in [2.75, 3.05) is 6.54 Å². The average molecular weight is 349 g/mol. The van der Waals surface area contributed by atoms with Crippen LogP contribution in [0.1, 0.15) is 30.7 Å². The SMILES string of the molecule is CC(CCNC(=O)NCc1nncn1-c1ccccc1)c1ccccc1. The van der Waals surface area contributed by atoms with Crippen LogP contribution in [0.25, 0.3) is 5.69 Å². The van der Waals surface area contributed by atoms with Crippen molar-refractivity contribution in [3.8, 4) is 5.69 Å². The van der Waals surface area contributed by atoms with Gasteiger partial charge in [0.1, 0.15) is 6.33 Å². The fourth-order valence-electron chi connectivity index (χ4n) is 2.76. The zero-order chi connectivity index (χ0) is 18.2. The Morgan fingerprint density at radius 3 is 2.46 bits per heavy atom. The molecule has 2 aromatic carbocycles. The molecule has 0 radical (unpaired) electrons. The van der Waals surface area contributed by atoms with Crippen molar-refractivity contribution in [3.05, 3.63) is 78.4 Å². The molecule has 0 saturated heterocycles. The molecule has 0 aliphatic carbocycles. The van der Waals surface area contributed by atoms with E-state index in [1.807, 2.05) is 53.1 Å². The second kappa shape index (κ2) is 8.80. The summed E-state index contributed by atoms with van der Waals surface area (Å²) in [5.74, 6) is 1.08. The van der Waals surface area contributed by atoms with Crippen molar-refractivity contribution >= 4 is 6.03 Å². The summed E-state index contributed by atoms with van der Waals surface area (Å²) in [5.41, 5.74) is 2.25. The van der Waals surface area contributed by atoms with Gasteiger partial charge in [0.05, 0.1) is 6.54 Å². The van der Waals surface area contributed by atoms with Gasteiger partial charge in [-0.15, -0.1) is 10.2 Å². The van der Waals surface area contributed by atoms with Gasteiger partial charge in [-0.05, 0) is 30.0 Å². The van der Waals surface area contributed by atoms with Crippen molar-refractivity contribution in [1.82, 2.24) is 25.4 Å². The van der Waals surface area contributed by atoms with Gasteiger partial charge in [-0.25, -0.2) is 4.79 Å². The number of hydrogen-bond donors (Lipinski definition) is 2. The minimum absolute atomic E-state index is 0.201. The molecule has 3 rings (SSSR count). The number of carbonyl (C=O) groups excluding carboxylic acids is 1. The molecule has 26 heavy (non-hydrogen) atoms. The number of para-hydroxylation sites is 1. The molecule has 0 aliphatic heterocycles. The predicted molar refractivity (Wildman–Crippen MR) is 101 cm³/mol. The Balaban J connectivity index is 1.45. The number of aromatic nitrogens is 3. The molecule has 134 valence electrons. The highest BCUT2D eigenvalue weighted by Gasteiger charge is 2.09. The fourth-order valence-corrected chi connectivity index (χ4v) is 2.76. The topological polar surface area (TPSA) is 71.8 Å². The molecule has 0 aliphatic rings. The van der Waals surface area contributed by atoms with Crippen LogP contribution in [-0.2, 0) is 6.54 Å². The summed E-state index contributed by atoms with van der Waals surface area (Å²) in [5, 5.41) is 13.8. The standard InChI is InChI=1S/C20H23N5O/c1-16(17-8-4-2-5-9-17)12-13-21-20(26)22-14-19-24-23-15-25(19)18-10-6-3-7-11-18/h2-11,15-16H,12-14H2,1H3,(H2,21,22,26). The van der Waals surface area contributed by atoms with E-state index in [-0.39, 0.29) is 6.03 Å². The van der Waals surface area contributed by atoms with Gasteiger partial charge in [0.25, 0.3) is 0 Å². The van der Waals surface area contributed by atoms with Crippen LogP contribution in [0.3, 0.4) is 0 Å². The molecule has 1 unspecified atom stereocenters. The first kappa shape index (κ1) is 17.7. The third kappa shape index (κ3) is 4.69. The van der Waals surface area contributed by atoms with Gasteiger partial charge in [0.2, 0.25) is 0 Å². The number of benzene rings is 2. The van der Waals surface area contributed by atoms with E-state index in [4.69, 9.17) is 0 Å². The molecule has 0 fully saturated rings. The summed E-state index contributed by atoms with van der Waals surface area (Å²) in [4.78, 5) is 12.0. The summed E-state index contributed by atoms with van der Waals surface area (Å²) >= 11 is 0. The van der Waals surface area contributed by atoms with Crippen LogP contribution < -0.4 is 10.6 Å². The summed E-state index contributed by atoms with van der Waals surface area (Å²) < 4.78 is 1.86. The van der Waals surface area contributed by atoms with Crippen LogP contribution in [0.2, 0.25) is 0 Å². The average Bonchev–Trinajstić information content (AvgIpc) is 3.16. The Bertz CT molecular complexity index is 816.